The summed E-state index contributed by atoms with van der Waals surface area (Å²) in [5, 5.41) is 1.19. The number of rotatable bonds is 4. The number of aromatic nitrogens is 2. The van der Waals surface area contributed by atoms with Crippen LogP contribution < -0.4 is 4.90 Å². The molecule has 0 spiro atoms. The molecule has 6 heteroatoms. The Morgan fingerprint density at radius 2 is 1.92 bits per heavy atom. The first-order valence-electron chi connectivity index (χ1n) is 8.81. The number of hydrogen-bond acceptors (Lipinski definition) is 5. The second kappa shape index (κ2) is 7.05. The van der Waals surface area contributed by atoms with Gasteiger partial charge in [-0.25, -0.2) is 9.97 Å². The van der Waals surface area contributed by atoms with Crippen LogP contribution >= 0.6 is 11.3 Å². The molecular formula is C18H26N4OS. The maximum absolute atomic E-state index is 12.6. The van der Waals surface area contributed by atoms with Crippen molar-refractivity contribution in [3.63, 3.8) is 0 Å². The lowest BCUT2D eigenvalue weighted by Gasteiger charge is -2.34. The van der Waals surface area contributed by atoms with Crippen molar-refractivity contribution >= 4 is 33.3 Å². The van der Waals surface area contributed by atoms with Gasteiger partial charge in [-0.15, -0.1) is 11.3 Å². The molecule has 0 atom stereocenters. The van der Waals surface area contributed by atoms with Gasteiger partial charge >= 0.3 is 0 Å². The molecule has 1 saturated heterocycles. The van der Waals surface area contributed by atoms with E-state index in [1.54, 1.807) is 17.7 Å². The molecule has 1 aliphatic heterocycles. The van der Waals surface area contributed by atoms with Crippen molar-refractivity contribution in [2.45, 2.75) is 40.5 Å². The second-order valence-corrected chi connectivity index (χ2v) is 7.64. The first-order valence-corrected chi connectivity index (χ1v) is 9.62. The SMILES string of the molecule is CCN(CC)C(=O)C1CCN(c2ncnc3sc(C)c(C)c23)CC1. The highest BCUT2D eigenvalue weighted by atomic mass is 32.1. The molecule has 0 aromatic carbocycles. The van der Waals surface area contributed by atoms with Crippen LogP contribution in [0.3, 0.4) is 0 Å². The predicted octanol–water partition coefficient (Wildman–Crippen LogP) is 3.39. The predicted molar refractivity (Wildman–Crippen MR) is 99.8 cm³/mol. The Bertz CT molecular complexity index is 730. The van der Waals surface area contributed by atoms with Crippen LogP contribution in [0.1, 0.15) is 37.1 Å². The number of piperidine rings is 1. The monoisotopic (exact) mass is 346 g/mol. The average Bonchev–Trinajstić information content (AvgIpc) is 2.90. The van der Waals surface area contributed by atoms with Crippen molar-refractivity contribution in [2.24, 2.45) is 5.92 Å². The molecule has 3 heterocycles. The van der Waals surface area contributed by atoms with Gasteiger partial charge in [0.15, 0.2) is 0 Å². The van der Waals surface area contributed by atoms with Gasteiger partial charge in [-0.2, -0.15) is 0 Å². The Hall–Kier alpha value is -1.69. The van der Waals surface area contributed by atoms with Crippen LogP contribution in [0, 0.1) is 19.8 Å². The Labute approximate surface area is 147 Å². The fourth-order valence-electron chi connectivity index (χ4n) is 3.54. The highest BCUT2D eigenvalue weighted by Gasteiger charge is 2.29. The standard InChI is InChI=1S/C18H26N4OS/c1-5-21(6-2)18(23)14-7-9-22(10-8-14)16-15-12(3)13(4)24-17(15)20-11-19-16/h11,14H,5-10H2,1-4H3. The fourth-order valence-corrected chi connectivity index (χ4v) is 4.53. The number of amides is 1. The van der Waals surface area contributed by atoms with Gasteiger partial charge < -0.3 is 9.80 Å². The van der Waals surface area contributed by atoms with Crippen LogP contribution in [0.5, 0.6) is 0 Å². The van der Waals surface area contributed by atoms with Crippen molar-refractivity contribution in [1.29, 1.82) is 0 Å². The quantitative estimate of drug-likeness (QED) is 0.851. The molecule has 0 saturated carbocycles. The number of thiophene rings is 1. The van der Waals surface area contributed by atoms with E-state index in [2.05, 4.69) is 42.6 Å². The van der Waals surface area contributed by atoms with Gasteiger partial charge in [0.25, 0.3) is 0 Å². The summed E-state index contributed by atoms with van der Waals surface area (Å²) in [7, 11) is 0. The zero-order valence-corrected chi connectivity index (χ0v) is 15.8. The van der Waals surface area contributed by atoms with Crippen molar-refractivity contribution in [2.75, 3.05) is 31.1 Å². The second-order valence-electron chi connectivity index (χ2n) is 6.43. The van der Waals surface area contributed by atoms with E-state index < -0.39 is 0 Å². The van der Waals surface area contributed by atoms with Crippen LogP contribution in [-0.2, 0) is 4.79 Å². The molecule has 0 aliphatic carbocycles. The van der Waals surface area contributed by atoms with E-state index in [1.807, 2.05) is 4.90 Å². The van der Waals surface area contributed by atoms with E-state index in [4.69, 9.17) is 0 Å². The number of fused-ring (bicyclic) bond motifs is 1. The minimum atomic E-state index is 0.156. The summed E-state index contributed by atoms with van der Waals surface area (Å²) in [6.45, 7) is 11.8. The number of anilines is 1. The molecule has 2 aromatic rings. The molecule has 1 fully saturated rings. The number of nitrogens with zero attached hydrogens (tertiary/aromatic N) is 4. The maximum Gasteiger partial charge on any atom is 0.225 e. The summed E-state index contributed by atoms with van der Waals surface area (Å²) >= 11 is 1.73. The summed E-state index contributed by atoms with van der Waals surface area (Å²) in [6.07, 6.45) is 3.48. The lowest BCUT2D eigenvalue weighted by Crippen LogP contribution is -2.42. The van der Waals surface area contributed by atoms with Crippen LogP contribution in [0.2, 0.25) is 0 Å². The topological polar surface area (TPSA) is 49.3 Å². The van der Waals surface area contributed by atoms with E-state index in [0.717, 1.165) is 49.7 Å². The highest BCUT2D eigenvalue weighted by molar-refractivity contribution is 7.18. The first-order chi connectivity index (χ1) is 11.6. The lowest BCUT2D eigenvalue weighted by atomic mass is 9.95. The van der Waals surface area contributed by atoms with E-state index in [9.17, 15) is 4.79 Å². The third-order valence-electron chi connectivity index (χ3n) is 5.16. The third kappa shape index (κ3) is 2.99. The Kier molecular flexibility index (Phi) is 5.04. The van der Waals surface area contributed by atoms with E-state index in [0.29, 0.717) is 5.91 Å². The summed E-state index contributed by atoms with van der Waals surface area (Å²) in [4.78, 5) is 28.2. The van der Waals surface area contributed by atoms with Gasteiger partial charge in [0, 0.05) is 37.0 Å². The van der Waals surface area contributed by atoms with E-state index in [-0.39, 0.29) is 5.92 Å². The zero-order valence-electron chi connectivity index (χ0n) is 15.0. The van der Waals surface area contributed by atoms with Gasteiger partial charge in [0.1, 0.15) is 17.0 Å². The zero-order chi connectivity index (χ0) is 17.3. The largest absolute Gasteiger partial charge is 0.356 e. The van der Waals surface area contributed by atoms with Crippen LogP contribution in [-0.4, -0.2) is 47.0 Å². The minimum Gasteiger partial charge on any atom is -0.356 e. The summed E-state index contributed by atoms with van der Waals surface area (Å²) in [6, 6.07) is 0. The van der Waals surface area contributed by atoms with Gasteiger partial charge in [-0.3, -0.25) is 4.79 Å². The Morgan fingerprint density at radius 1 is 1.25 bits per heavy atom. The van der Waals surface area contributed by atoms with Crippen molar-refractivity contribution in [3.8, 4) is 0 Å². The van der Waals surface area contributed by atoms with Crippen molar-refractivity contribution in [1.82, 2.24) is 14.9 Å². The number of carbonyl (C=O) groups is 1. The Morgan fingerprint density at radius 3 is 2.54 bits per heavy atom. The fraction of sp³-hybridized carbons (Fsp3) is 0.611. The maximum atomic E-state index is 12.6. The molecule has 0 radical (unpaired) electrons. The molecule has 3 rings (SSSR count). The van der Waals surface area contributed by atoms with Gasteiger partial charge in [-0.05, 0) is 46.1 Å². The third-order valence-corrected chi connectivity index (χ3v) is 6.28. The number of hydrogen-bond donors (Lipinski definition) is 0. The number of aryl methyl sites for hydroxylation is 2. The molecule has 0 N–H and O–H groups in total. The lowest BCUT2D eigenvalue weighted by molar-refractivity contribution is -0.135. The van der Waals surface area contributed by atoms with Crippen LogP contribution in [0.15, 0.2) is 6.33 Å². The molecule has 2 aromatic heterocycles. The molecule has 130 valence electrons. The van der Waals surface area contributed by atoms with E-state index in [1.165, 1.54) is 15.8 Å². The molecule has 0 bridgehead atoms. The molecule has 0 unspecified atom stereocenters. The van der Waals surface area contributed by atoms with Crippen LogP contribution in [0.25, 0.3) is 10.2 Å². The van der Waals surface area contributed by atoms with Gasteiger partial charge in [0.2, 0.25) is 5.91 Å². The van der Waals surface area contributed by atoms with Gasteiger partial charge in [-0.1, -0.05) is 0 Å². The molecule has 1 aliphatic rings. The average molecular weight is 347 g/mol. The van der Waals surface area contributed by atoms with Crippen molar-refractivity contribution in [3.05, 3.63) is 16.8 Å². The normalized spacial score (nSPS) is 15.9. The smallest absolute Gasteiger partial charge is 0.225 e. The summed E-state index contributed by atoms with van der Waals surface area (Å²) in [5.41, 5.74) is 1.28. The van der Waals surface area contributed by atoms with Crippen LogP contribution in [0.4, 0.5) is 5.82 Å². The number of carbonyl (C=O) groups excluding carboxylic acids is 1. The molecule has 5 nitrogen and oxygen atoms in total. The first kappa shape index (κ1) is 17.1. The molecular weight excluding hydrogens is 320 g/mol. The highest BCUT2D eigenvalue weighted by Crippen LogP contribution is 2.35. The summed E-state index contributed by atoms with van der Waals surface area (Å²) in [5.74, 6) is 1.51. The van der Waals surface area contributed by atoms with E-state index >= 15 is 0 Å². The van der Waals surface area contributed by atoms with Gasteiger partial charge in [0.05, 0.1) is 5.39 Å². The molecule has 1 amide bonds. The summed E-state index contributed by atoms with van der Waals surface area (Å²) < 4.78 is 0. The Balaban J connectivity index is 1.77. The van der Waals surface area contributed by atoms with Crippen molar-refractivity contribution < 1.29 is 4.79 Å². The molecule has 24 heavy (non-hydrogen) atoms. The minimum absolute atomic E-state index is 0.156.